The van der Waals surface area contributed by atoms with Gasteiger partial charge < -0.3 is 5.32 Å². The highest BCUT2D eigenvalue weighted by atomic mass is 79.9. The Morgan fingerprint density at radius 2 is 1.74 bits per heavy atom. The van der Waals surface area contributed by atoms with E-state index < -0.39 is 0 Å². The highest BCUT2D eigenvalue weighted by Gasteiger charge is 2.17. The Bertz CT molecular complexity index is 369. The molecule has 0 saturated carbocycles. The van der Waals surface area contributed by atoms with Crippen LogP contribution in [0, 0.1) is 0 Å². The predicted molar refractivity (Wildman–Crippen MR) is 85.8 cm³/mol. The second kappa shape index (κ2) is 7.27. The molecule has 1 aliphatic heterocycles. The molecular formula is C15H24BrN3. The fraction of sp³-hybridized carbons (Fsp3) is 0.600. The molecule has 2 rings (SSSR count). The quantitative estimate of drug-likeness (QED) is 0.898. The molecule has 1 aromatic rings. The van der Waals surface area contributed by atoms with Gasteiger partial charge in [0.2, 0.25) is 0 Å². The fourth-order valence-electron chi connectivity index (χ4n) is 2.43. The van der Waals surface area contributed by atoms with E-state index in [1.807, 2.05) is 0 Å². The van der Waals surface area contributed by atoms with Crippen molar-refractivity contribution in [1.82, 2.24) is 9.80 Å². The third-order valence-corrected chi connectivity index (χ3v) is 4.27. The predicted octanol–water partition coefficient (Wildman–Crippen LogP) is 2.89. The Morgan fingerprint density at radius 1 is 1.11 bits per heavy atom. The van der Waals surface area contributed by atoms with Gasteiger partial charge in [-0.15, -0.1) is 0 Å². The fourth-order valence-corrected chi connectivity index (χ4v) is 2.69. The molecule has 0 radical (unpaired) electrons. The van der Waals surface area contributed by atoms with E-state index in [-0.39, 0.29) is 0 Å². The number of anilines is 1. The van der Waals surface area contributed by atoms with Gasteiger partial charge in [0.25, 0.3) is 0 Å². The lowest BCUT2D eigenvalue weighted by atomic mass is 10.2. The van der Waals surface area contributed by atoms with Gasteiger partial charge in [-0.1, -0.05) is 15.9 Å². The Hall–Kier alpha value is -0.580. The van der Waals surface area contributed by atoms with Crippen molar-refractivity contribution in [3.05, 3.63) is 28.7 Å². The van der Waals surface area contributed by atoms with Gasteiger partial charge in [-0.25, -0.2) is 0 Å². The summed E-state index contributed by atoms with van der Waals surface area (Å²) in [5.41, 5.74) is 1.20. The number of nitrogens with zero attached hydrogens (tertiary/aromatic N) is 2. The van der Waals surface area contributed by atoms with E-state index in [9.17, 15) is 0 Å². The first-order valence-electron chi connectivity index (χ1n) is 7.11. The smallest absolute Gasteiger partial charge is 0.0341 e. The number of benzene rings is 1. The van der Waals surface area contributed by atoms with Gasteiger partial charge in [0.1, 0.15) is 0 Å². The van der Waals surface area contributed by atoms with Crippen molar-refractivity contribution in [3.63, 3.8) is 0 Å². The van der Waals surface area contributed by atoms with Crippen molar-refractivity contribution in [2.24, 2.45) is 0 Å². The van der Waals surface area contributed by atoms with Crippen molar-refractivity contribution in [1.29, 1.82) is 0 Å². The Morgan fingerprint density at radius 3 is 2.32 bits per heavy atom. The first-order valence-corrected chi connectivity index (χ1v) is 7.90. The molecule has 0 spiro atoms. The number of nitrogens with one attached hydrogen (secondary N) is 1. The van der Waals surface area contributed by atoms with Crippen LogP contribution in [-0.2, 0) is 0 Å². The lowest BCUT2D eigenvalue weighted by Crippen LogP contribution is -2.49. The molecule has 0 bridgehead atoms. The largest absolute Gasteiger partial charge is 0.384 e. The summed E-state index contributed by atoms with van der Waals surface area (Å²) in [4.78, 5) is 5.10. The van der Waals surface area contributed by atoms with E-state index >= 15 is 0 Å². The summed E-state index contributed by atoms with van der Waals surface area (Å²) in [5.74, 6) is 0. The molecule has 0 aromatic heterocycles. The van der Waals surface area contributed by atoms with E-state index in [4.69, 9.17) is 0 Å². The average molecular weight is 326 g/mol. The maximum atomic E-state index is 3.48. The first-order chi connectivity index (χ1) is 9.15. The molecule has 1 aromatic carbocycles. The van der Waals surface area contributed by atoms with E-state index in [2.05, 4.69) is 69.2 Å². The van der Waals surface area contributed by atoms with Crippen LogP contribution in [0.5, 0.6) is 0 Å². The molecule has 1 saturated heterocycles. The summed E-state index contributed by atoms with van der Waals surface area (Å²) in [7, 11) is 0. The minimum Gasteiger partial charge on any atom is -0.384 e. The molecule has 1 N–H and O–H groups in total. The molecule has 0 unspecified atom stereocenters. The van der Waals surface area contributed by atoms with Gasteiger partial charge in [0.05, 0.1) is 0 Å². The summed E-state index contributed by atoms with van der Waals surface area (Å²) in [5, 5.41) is 3.48. The van der Waals surface area contributed by atoms with Crippen LogP contribution < -0.4 is 5.32 Å². The molecule has 19 heavy (non-hydrogen) atoms. The van der Waals surface area contributed by atoms with Crippen LogP contribution in [0.3, 0.4) is 0 Å². The zero-order valence-electron chi connectivity index (χ0n) is 11.9. The van der Waals surface area contributed by atoms with Gasteiger partial charge in [0, 0.05) is 55.5 Å². The van der Waals surface area contributed by atoms with Gasteiger partial charge in [-0.2, -0.15) is 0 Å². The van der Waals surface area contributed by atoms with Gasteiger partial charge in [-0.3, -0.25) is 9.80 Å². The van der Waals surface area contributed by atoms with Gasteiger partial charge in [0.15, 0.2) is 0 Å². The van der Waals surface area contributed by atoms with Crippen molar-refractivity contribution >= 4 is 21.6 Å². The Balaban J connectivity index is 1.65. The standard InChI is InChI=1S/C15H24BrN3/c1-13(2)19-11-9-18(10-12-19)8-7-17-15-5-3-14(16)4-6-15/h3-6,13,17H,7-12H2,1-2H3. The summed E-state index contributed by atoms with van der Waals surface area (Å²) in [6.07, 6.45) is 0. The van der Waals surface area contributed by atoms with E-state index in [0.29, 0.717) is 6.04 Å². The van der Waals surface area contributed by atoms with E-state index in [1.54, 1.807) is 0 Å². The maximum absolute atomic E-state index is 3.48. The van der Waals surface area contributed by atoms with E-state index in [1.165, 1.54) is 31.9 Å². The van der Waals surface area contributed by atoms with Crippen LogP contribution in [0.25, 0.3) is 0 Å². The van der Waals surface area contributed by atoms with Crippen LogP contribution in [0.15, 0.2) is 28.7 Å². The van der Waals surface area contributed by atoms with Crippen LogP contribution in [0.4, 0.5) is 5.69 Å². The molecule has 0 amide bonds. The zero-order valence-corrected chi connectivity index (χ0v) is 13.5. The third kappa shape index (κ3) is 4.79. The third-order valence-electron chi connectivity index (χ3n) is 3.74. The molecule has 0 aliphatic carbocycles. The van der Waals surface area contributed by atoms with Crippen molar-refractivity contribution in [2.45, 2.75) is 19.9 Å². The molecule has 106 valence electrons. The van der Waals surface area contributed by atoms with Crippen molar-refractivity contribution < 1.29 is 0 Å². The number of halogens is 1. The van der Waals surface area contributed by atoms with E-state index in [0.717, 1.165) is 17.6 Å². The molecule has 1 heterocycles. The van der Waals surface area contributed by atoms with Crippen molar-refractivity contribution in [2.75, 3.05) is 44.6 Å². The second-order valence-corrected chi connectivity index (χ2v) is 6.32. The Kier molecular flexibility index (Phi) is 5.67. The number of piperazine rings is 1. The summed E-state index contributed by atoms with van der Waals surface area (Å²) in [6, 6.07) is 9.05. The monoisotopic (exact) mass is 325 g/mol. The van der Waals surface area contributed by atoms with Crippen LogP contribution in [0.2, 0.25) is 0 Å². The van der Waals surface area contributed by atoms with Gasteiger partial charge in [-0.05, 0) is 38.1 Å². The maximum Gasteiger partial charge on any atom is 0.0341 e. The second-order valence-electron chi connectivity index (χ2n) is 5.41. The van der Waals surface area contributed by atoms with Gasteiger partial charge >= 0.3 is 0 Å². The highest BCUT2D eigenvalue weighted by molar-refractivity contribution is 9.10. The minimum absolute atomic E-state index is 0.683. The van der Waals surface area contributed by atoms with Crippen molar-refractivity contribution in [3.8, 4) is 0 Å². The first kappa shape index (κ1) is 14.8. The summed E-state index contributed by atoms with van der Waals surface area (Å²) < 4.78 is 1.13. The average Bonchev–Trinajstić information content (AvgIpc) is 2.41. The molecule has 0 atom stereocenters. The molecular weight excluding hydrogens is 302 g/mol. The minimum atomic E-state index is 0.683. The van der Waals surface area contributed by atoms with Crippen LogP contribution in [0.1, 0.15) is 13.8 Å². The number of hydrogen-bond donors (Lipinski definition) is 1. The molecule has 1 fully saturated rings. The summed E-state index contributed by atoms with van der Waals surface area (Å²) in [6.45, 7) is 11.5. The van der Waals surface area contributed by atoms with Crippen LogP contribution in [-0.4, -0.2) is 55.1 Å². The Labute approximate surface area is 125 Å². The number of hydrogen-bond acceptors (Lipinski definition) is 3. The summed E-state index contributed by atoms with van der Waals surface area (Å²) >= 11 is 3.45. The molecule has 1 aliphatic rings. The highest BCUT2D eigenvalue weighted by Crippen LogP contribution is 2.13. The molecule has 4 heteroatoms. The topological polar surface area (TPSA) is 18.5 Å². The normalized spacial score (nSPS) is 17.9. The lowest BCUT2D eigenvalue weighted by Gasteiger charge is -2.36. The van der Waals surface area contributed by atoms with Crippen LogP contribution >= 0.6 is 15.9 Å². The molecule has 3 nitrogen and oxygen atoms in total. The zero-order chi connectivity index (χ0) is 13.7. The lowest BCUT2D eigenvalue weighted by molar-refractivity contribution is 0.111. The SMILES string of the molecule is CC(C)N1CCN(CCNc2ccc(Br)cc2)CC1. The number of rotatable bonds is 5.